The fraction of sp³-hybridized carbons (Fsp3) is 0.500. The van der Waals surface area contributed by atoms with E-state index in [0.717, 1.165) is 44.1 Å². The number of aliphatic imine (C=N–C) groups is 1. The average Bonchev–Trinajstić information content (AvgIpc) is 3.21. The molecule has 2 heterocycles. The summed E-state index contributed by atoms with van der Waals surface area (Å²) in [5.74, 6) is 0.879. The third kappa shape index (κ3) is 4.18. The lowest BCUT2D eigenvalue weighted by Gasteiger charge is -2.20. The van der Waals surface area contributed by atoms with Crippen LogP contribution in [0.15, 0.2) is 35.3 Å². The van der Waals surface area contributed by atoms with Crippen LogP contribution in [0.25, 0.3) is 0 Å². The molecular weight excluding hydrogens is 324 g/mol. The van der Waals surface area contributed by atoms with Gasteiger partial charge in [0.15, 0.2) is 5.96 Å². The number of anilines is 1. The molecule has 140 valence electrons. The first-order valence-electron chi connectivity index (χ1n) is 9.34. The van der Waals surface area contributed by atoms with E-state index in [1.165, 1.54) is 16.9 Å². The maximum atomic E-state index is 4.49. The van der Waals surface area contributed by atoms with Gasteiger partial charge in [0, 0.05) is 51.2 Å². The number of hydrogen-bond donors (Lipinski definition) is 2. The monoisotopic (exact) mass is 354 g/mol. The number of para-hydroxylation sites is 1. The lowest BCUT2D eigenvalue weighted by Crippen LogP contribution is -2.45. The van der Waals surface area contributed by atoms with Crippen molar-refractivity contribution in [2.75, 3.05) is 31.6 Å². The second kappa shape index (κ2) is 8.25. The first-order chi connectivity index (χ1) is 12.6. The molecule has 1 saturated heterocycles. The molecule has 0 spiro atoms. The molecule has 1 aliphatic rings. The average molecular weight is 355 g/mol. The molecule has 1 atom stereocenters. The van der Waals surface area contributed by atoms with Gasteiger partial charge in [-0.05, 0) is 44.4 Å². The Kier molecular flexibility index (Phi) is 5.81. The van der Waals surface area contributed by atoms with Crippen molar-refractivity contribution in [3.05, 3.63) is 47.3 Å². The van der Waals surface area contributed by atoms with Crippen molar-refractivity contribution in [3.8, 4) is 0 Å². The number of nitrogens with one attached hydrogen (secondary N) is 2. The van der Waals surface area contributed by atoms with Crippen LogP contribution in [0.3, 0.4) is 0 Å². The molecule has 26 heavy (non-hydrogen) atoms. The molecule has 6 nitrogen and oxygen atoms in total. The Bertz CT molecular complexity index is 749. The summed E-state index contributed by atoms with van der Waals surface area (Å²) in [5, 5.41) is 11.5. The molecular formula is C20H30N6. The highest BCUT2D eigenvalue weighted by molar-refractivity contribution is 5.80. The van der Waals surface area contributed by atoms with Gasteiger partial charge in [-0.15, -0.1) is 0 Å². The highest BCUT2D eigenvalue weighted by Crippen LogP contribution is 2.19. The van der Waals surface area contributed by atoms with Crippen LogP contribution < -0.4 is 15.5 Å². The van der Waals surface area contributed by atoms with E-state index in [4.69, 9.17) is 0 Å². The van der Waals surface area contributed by atoms with Crippen LogP contribution in [0.5, 0.6) is 0 Å². The van der Waals surface area contributed by atoms with E-state index in [9.17, 15) is 0 Å². The number of hydrogen-bond acceptors (Lipinski definition) is 3. The Morgan fingerprint density at radius 3 is 2.69 bits per heavy atom. The van der Waals surface area contributed by atoms with Gasteiger partial charge in [0.05, 0.1) is 5.69 Å². The summed E-state index contributed by atoms with van der Waals surface area (Å²) in [5.41, 5.74) is 4.97. The minimum Gasteiger partial charge on any atom is -0.369 e. The highest BCUT2D eigenvalue weighted by Gasteiger charge is 2.23. The number of benzene rings is 1. The van der Waals surface area contributed by atoms with Gasteiger partial charge in [0.25, 0.3) is 0 Å². The van der Waals surface area contributed by atoms with Crippen LogP contribution >= 0.6 is 0 Å². The molecule has 0 aliphatic carbocycles. The van der Waals surface area contributed by atoms with Crippen LogP contribution in [0, 0.1) is 13.8 Å². The second-order valence-corrected chi connectivity index (χ2v) is 6.93. The molecule has 2 aromatic rings. The van der Waals surface area contributed by atoms with E-state index in [1.54, 1.807) is 0 Å². The number of rotatable bonds is 5. The maximum absolute atomic E-state index is 4.49. The standard InChI is InChI=1S/C20H30N6/c1-15-19(16(2)25(4)24-15)10-12-22-20(21-3)23-17-11-13-26(14-17)18-8-6-5-7-9-18/h5-9,17H,10-14H2,1-4H3,(H2,21,22,23). The fourth-order valence-electron chi connectivity index (χ4n) is 3.62. The van der Waals surface area contributed by atoms with Gasteiger partial charge in [0.2, 0.25) is 0 Å². The Labute approximate surface area is 156 Å². The molecule has 3 rings (SSSR count). The molecule has 0 radical (unpaired) electrons. The zero-order valence-corrected chi connectivity index (χ0v) is 16.3. The normalized spacial score (nSPS) is 17.6. The summed E-state index contributed by atoms with van der Waals surface area (Å²) < 4.78 is 1.95. The molecule has 6 heteroatoms. The van der Waals surface area contributed by atoms with Gasteiger partial charge in [0.1, 0.15) is 0 Å². The summed E-state index contributed by atoms with van der Waals surface area (Å²) in [6, 6.07) is 11.0. The van der Waals surface area contributed by atoms with Crippen LogP contribution in [0.2, 0.25) is 0 Å². The number of aromatic nitrogens is 2. The van der Waals surface area contributed by atoms with Crippen molar-refractivity contribution < 1.29 is 0 Å². The number of aryl methyl sites for hydroxylation is 2. The molecule has 1 fully saturated rings. The van der Waals surface area contributed by atoms with Gasteiger partial charge in [-0.3, -0.25) is 9.67 Å². The molecule has 1 aromatic carbocycles. The van der Waals surface area contributed by atoms with Crippen molar-refractivity contribution in [2.45, 2.75) is 32.7 Å². The van der Waals surface area contributed by atoms with Gasteiger partial charge in [-0.25, -0.2) is 0 Å². The van der Waals surface area contributed by atoms with Crippen molar-refractivity contribution in [1.29, 1.82) is 0 Å². The van der Waals surface area contributed by atoms with Crippen LogP contribution in [0.1, 0.15) is 23.4 Å². The largest absolute Gasteiger partial charge is 0.369 e. The fourth-order valence-corrected chi connectivity index (χ4v) is 3.62. The predicted octanol–water partition coefficient (Wildman–Crippen LogP) is 2.02. The highest BCUT2D eigenvalue weighted by atomic mass is 15.3. The lowest BCUT2D eigenvalue weighted by molar-refractivity contribution is 0.648. The molecule has 0 saturated carbocycles. The third-order valence-electron chi connectivity index (χ3n) is 5.20. The quantitative estimate of drug-likeness (QED) is 0.637. The zero-order valence-electron chi connectivity index (χ0n) is 16.3. The Balaban J connectivity index is 1.48. The molecule has 2 N–H and O–H groups in total. The van der Waals surface area contributed by atoms with E-state index < -0.39 is 0 Å². The SMILES string of the molecule is CN=C(NCCc1c(C)nn(C)c1C)NC1CCN(c2ccccc2)C1. The van der Waals surface area contributed by atoms with Gasteiger partial charge in [-0.1, -0.05) is 18.2 Å². The van der Waals surface area contributed by atoms with Crippen molar-refractivity contribution >= 4 is 11.6 Å². The molecule has 0 bridgehead atoms. The summed E-state index contributed by atoms with van der Waals surface area (Å²) in [4.78, 5) is 6.81. The number of guanidine groups is 1. The van der Waals surface area contributed by atoms with E-state index in [0.29, 0.717) is 6.04 Å². The topological polar surface area (TPSA) is 57.5 Å². The first kappa shape index (κ1) is 18.3. The zero-order chi connectivity index (χ0) is 18.5. The van der Waals surface area contributed by atoms with Crippen molar-refractivity contribution in [2.24, 2.45) is 12.0 Å². The van der Waals surface area contributed by atoms with Crippen LogP contribution in [0.4, 0.5) is 5.69 Å². The predicted molar refractivity (Wildman–Crippen MR) is 108 cm³/mol. The maximum Gasteiger partial charge on any atom is 0.191 e. The van der Waals surface area contributed by atoms with Crippen LogP contribution in [-0.2, 0) is 13.5 Å². The third-order valence-corrected chi connectivity index (χ3v) is 5.20. The molecule has 1 aromatic heterocycles. The minimum atomic E-state index is 0.420. The minimum absolute atomic E-state index is 0.420. The second-order valence-electron chi connectivity index (χ2n) is 6.93. The summed E-state index contributed by atoms with van der Waals surface area (Å²) in [7, 11) is 3.83. The smallest absolute Gasteiger partial charge is 0.191 e. The van der Waals surface area contributed by atoms with E-state index in [2.05, 4.69) is 69.8 Å². The summed E-state index contributed by atoms with van der Waals surface area (Å²) >= 11 is 0. The Morgan fingerprint density at radius 2 is 2.04 bits per heavy atom. The first-order valence-corrected chi connectivity index (χ1v) is 9.34. The Morgan fingerprint density at radius 1 is 1.27 bits per heavy atom. The summed E-state index contributed by atoms with van der Waals surface area (Å²) in [6.07, 6.45) is 2.07. The van der Waals surface area contributed by atoms with Crippen molar-refractivity contribution in [3.63, 3.8) is 0 Å². The number of nitrogens with zero attached hydrogens (tertiary/aromatic N) is 4. The van der Waals surface area contributed by atoms with Gasteiger partial charge in [-0.2, -0.15) is 5.10 Å². The molecule has 0 amide bonds. The molecule has 1 unspecified atom stereocenters. The summed E-state index contributed by atoms with van der Waals surface area (Å²) in [6.45, 7) is 7.13. The van der Waals surface area contributed by atoms with E-state index in [-0.39, 0.29) is 0 Å². The van der Waals surface area contributed by atoms with Crippen molar-refractivity contribution in [1.82, 2.24) is 20.4 Å². The van der Waals surface area contributed by atoms with Gasteiger partial charge < -0.3 is 15.5 Å². The Hall–Kier alpha value is -2.50. The van der Waals surface area contributed by atoms with E-state index >= 15 is 0 Å². The van der Waals surface area contributed by atoms with E-state index in [1.807, 2.05) is 18.8 Å². The molecule has 1 aliphatic heterocycles. The lowest BCUT2D eigenvalue weighted by atomic mass is 10.1. The van der Waals surface area contributed by atoms with Crippen LogP contribution in [-0.4, -0.2) is 48.5 Å². The van der Waals surface area contributed by atoms with Gasteiger partial charge >= 0.3 is 0 Å².